The molecule has 1 aromatic carbocycles. The van der Waals surface area contributed by atoms with Gasteiger partial charge in [-0.25, -0.2) is 9.48 Å². The second-order valence-electron chi connectivity index (χ2n) is 4.68. The van der Waals surface area contributed by atoms with Gasteiger partial charge >= 0.3 is 5.97 Å². The van der Waals surface area contributed by atoms with Crippen LogP contribution in [0.5, 0.6) is 5.75 Å². The van der Waals surface area contributed by atoms with Crippen molar-refractivity contribution >= 4 is 5.97 Å². The third kappa shape index (κ3) is 2.59. The molecule has 0 aliphatic heterocycles. The monoisotopic (exact) mass is 258 g/mol. The summed E-state index contributed by atoms with van der Waals surface area (Å²) in [6.07, 6.45) is 3.95. The Bertz CT molecular complexity index is 588. The van der Waals surface area contributed by atoms with E-state index in [1.807, 2.05) is 30.3 Å². The van der Waals surface area contributed by atoms with E-state index in [0.717, 1.165) is 18.5 Å². The van der Waals surface area contributed by atoms with E-state index >= 15 is 0 Å². The fourth-order valence-electron chi connectivity index (χ4n) is 1.82. The van der Waals surface area contributed by atoms with Crippen LogP contribution >= 0.6 is 0 Å². The summed E-state index contributed by atoms with van der Waals surface area (Å²) in [5, 5.41) is 13.2. The number of rotatable bonds is 5. The van der Waals surface area contributed by atoms with Gasteiger partial charge < -0.3 is 9.84 Å². The highest BCUT2D eigenvalue weighted by Gasteiger charge is 2.24. The van der Waals surface area contributed by atoms with Crippen LogP contribution in [0.1, 0.15) is 23.3 Å². The number of carboxylic acid groups (broad SMARTS) is 1. The standard InChI is InChI=1S/C14H14N2O3/c17-14(18)13-12(19-9-10-6-7-10)8-16(15-13)11-4-2-1-3-5-11/h1-5,8,10H,6-7,9H2,(H,17,18). The average Bonchev–Trinajstić information content (AvgIpc) is 3.15. The number of aromatic carboxylic acids is 1. The number of para-hydroxylation sites is 1. The van der Waals surface area contributed by atoms with Crippen molar-refractivity contribution in [3.8, 4) is 11.4 Å². The Labute approximate surface area is 110 Å². The van der Waals surface area contributed by atoms with E-state index in [4.69, 9.17) is 9.84 Å². The number of carboxylic acids is 1. The maximum absolute atomic E-state index is 11.2. The van der Waals surface area contributed by atoms with Crippen LogP contribution in [-0.4, -0.2) is 27.5 Å². The molecule has 1 aromatic heterocycles. The fourth-order valence-corrected chi connectivity index (χ4v) is 1.82. The van der Waals surface area contributed by atoms with Crippen molar-refractivity contribution in [3.05, 3.63) is 42.2 Å². The first-order valence-electron chi connectivity index (χ1n) is 6.25. The number of nitrogens with zero attached hydrogens (tertiary/aromatic N) is 2. The van der Waals surface area contributed by atoms with Crippen molar-refractivity contribution < 1.29 is 14.6 Å². The van der Waals surface area contributed by atoms with E-state index in [-0.39, 0.29) is 5.69 Å². The molecular formula is C14H14N2O3. The van der Waals surface area contributed by atoms with Gasteiger partial charge in [0.25, 0.3) is 0 Å². The topological polar surface area (TPSA) is 64.3 Å². The molecule has 1 aliphatic rings. The lowest BCUT2D eigenvalue weighted by atomic mass is 10.3. The molecule has 0 atom stereocenters. The Balaban J connectivity index is 1.89. The van der Waals surface area contributed by atoms with Crippen LogP contribution in [0.15, 0.2) is 36.5 Å². The Morgan fingerprint density at radius 2 is 2.11 bits per heavy atom. The van der Waals surface area contributed by atoms with Crippen LogP contribution in [0.3, 0.4) is 0 Å². The number of aromatic nitrogens is 2. The molecule has 0 saturated heterocycles. The number of hydrogen-bond donors (Lipinski definition) is 1. The van der Waals surface area contributed by atoms with E-state index in [1.165, 1.54) is 4.68 Å². The first kappa shape index (κ1) is 11.8. The van der Waals surface area contributed by atoms with Gasteiger partial charge in [0.15, 0.2) is 5.75 Å². The molecule has 1 N–H and O–H groups in total. The van der Waals surface area contributed by atoms with Gasteiger partial charge in [-0.05, 0) is 30.9 Å². The Hall–Kier alpha value is -2.30. The summed E-state index contributed by atoms with van der Waals surface area (Å²) in [5.41, 5.74) is 0.774. The summed E-state index contributed by atoms with van der Waals surface area (Å²) < 4.78 is 7.09. The van der Waals surface area contributed by atoms with Gasteiger partial charge in [0.05, 0.1) is 18.5 Å². The van der Waals surface area contributed by atoms with Crippen LogP contribution in [0.2, 0.25) is 0 Å². The number of benzene rings is 1. The van der Waals surface area contributed by atoms with Gasteiger partial charge in [-0.15, -0.1) is 0 Å². The van der Waals surface area contributed by atoms with Crippen molar-refractivity contribution in [2.75, 3.05) is 6.61 Å². The highest BCUT2D eigenvalue weighted by atomic mass is 16.5. The molecule has 1 saturated carbocycles. The zero-order valence-corrected chi connectivity index (χ0v) is 10.3. The normalized spacial score (nSPS) is 14.3. The minimum Gasteiger partial charge on any atom is -0.489 e. The molecule has 98 valence electrons. The van der Waals surface area contributed by atoms with Crippen molar-refractivity contribution in [3.63, 3.8) is 0 Å². The summed E-state index contributed by atoms with van der Waals surface area (Å²) in [7, 11) is 0. The maximum atomic E-state index is 11.2. The average molecular weight is 258 g/mol. The van der Waals surface area contributed by atoms with Crippen molar-refractivity contribution in [1.29, 1.82) is 0 Å². The van der Waals surface area contributed by atoms with Crippen LogP contribution in [0, 0.1) is 5.92 Å². The predicted molar refractivity (Wildman–Crippen MR) is 68.7 cm³/mol. The molecule has 1 fully saturated rings. The molecular weight excluding hydrogens is 244 g/mol. The third-order valence-electron chi connectivity index (χ3n) is 3.08. The molecule has 0 unspecified atom stereocenters. The lowest BCUT2D eigenvalue weighted by molar-refractivity contribution is 0.0685. The molecule has 3 rings (SSSR count). The van der Waals surface area contributed by atoms with Gasteiger partial charge in [-0.3, -0.25) is 0 Å². The summed E-state index contributed by atoms with van der Waals surface area (Å²) in [6, 6.07) is 9.38. The van der Waals surface area contributed by atoms with Crippen molar-refractivity contribution in [2.45, 2.75) is 12.8 Å². The molecule has 0 radical (unpaired) electrons. The molecule has 19 heavy (non-hydrogen) atoms. The smallest absolute Gasteiger partial charge is 0.360 e. The van der Waals surface area contributed by atoms with E-state index in [2.05, 4.69) is 5.10 Å². The molecule has 5 nitrogen and oxygen atoms in total. The molecule has 2 aromatic rings. The minimum absolute atomic E-state index is 0.0375. The highest BCUT2D eigenvalue weighted by Crippen LogP contribution is 2.30. The van der Waals surface area contributed by atoms with Crippen molar-refractivity contribution in [2.24, 2.45) is 5.92 Å². The molecule has 0 spiro atoms. The third-order valence-corrected chi connectivity index (χ3v) is 3.08. The highest BCUT2D eigenvalue weighted by molar-refractivity contribution is 5.88. The summed E-state index contributed by atoms with van der Waals surface area (Å²) >= 11 is 0. The zero-order chi connectivity index (χ0) is 13.2. The number of hydrogen-bond acceptors (Lipinski definition) is 3. The molecule has 5 heteroatoms. The molecule has 1 heterocycles. The number of carbonyl (C=O) groups is 1. The largest absolute Gasteiger partial charge is 0.489 e. The minimum atomic E-state index is -1.07. The van der Waals surface area contributed by atoms with E-state index in [9.17, 15) is 4.79 Å². The second kappa shape index (κ2) is 4.76. The zero-order valence-electron chi connectivity index (χ0n) is 10.3. The second-order valence-corrected chi connectivity index (χ2v) is 4.68. The summed E-state index contributed by atoms with van der Waals surface area (Å²) in [4.78, 5) is 11.2. The van der Waals surface area contributed by atoms with Gasteiger partial charge in [0, 0.05) is 0 Å². The SMILES string of the molecule is O=C(O)c1nn(-c2ccccc2)cc1OCC1CC1. The van der Waals surface area contributed by atoms with E-state index < -0.39 is 5.97 Å². The predicted octanol–water partition coefficient (Wildman–Crippen LogP) is 2.36. The summed E-state index contributed by atoms with van der Waals surface area (Å²) in [5.74, 6) is -0.162. The lowest BCUT2D eigenvalue weighted by Crippen LogP contribution is -2.04. The molecule has 1 aliphatic carbocycles. The quantitative estimate of drug-likeness (QED) is 0.894. The van der Waals surface area contributed by atoms with Crippen LogP contribution < -0.4 is 4.74 Å². The Morgan fingerprint density at radius 1 is 1.37 bits per heavy atom. The first-order valence-corrected chi connectivity index (χ1v) is 6.25. The van der Waals surface area contributed by atoms with Crippen molar-refractivity contribution in [1.82, 2.24) is 9.78 Å². The van der Waals surface area contributed by atoms with Gasteiger partial charge in [-0.2, -0.15) is 5.10 Å². The number of ether oxygens (including phenoxy) is 1. The van der Waals surface area contributed by atoms with Crippen LogP contribution in [0.4, 0.5) is 0 Å². The molecule has 0 amide bonds. The van der Waals surface area contributed by atoms with Gasteiger partial charge in [0.2, 0.25) is 5.69 Å². The van der Waals surface area contributed by atoms with Crippen LogP contribution in [-0.2, 0) is 0 Å². The van der Waals surface area contributed by atoms with Gasteiger partial charge in [0.1, 0.15) is 0 Å². The van der Waals surface area contributed by atoms with E-state index in [1.54, 1.807) is 6.20 Å². The van der Waals surface area contributed by atoms with E-state index in [0.29, 0.717) is 18.3 Å². The van der Waals surface area contributed by atoms with Crippen LogP contribution in [0.25, 0.3) is 5.69 Å². The maximum Gasteiger partial charge on any atom is 0.360 e. The Morgan fingerprint density at radius 3 is 2.74 bits per heavy atom. The summed E-state index contributed by atoms with van der Waals surface area (Å²) in [6.45, 7) is 0.570. The molecule has 0 bridgehead atoms. The fraction of sp³-hybridized carbons (Fsp3) is 0.286. The van der Waals surface area contributed by atoms with Gasteiger partial charge in [-0.1, -0.05) is 18.2 Å². The Kier molecular flexibility index (Phi) is 2.95. The lowest BCUT2D eigenvalue weighted by Gasteiger charge is -2.01. The first-order chi connectivity index (χ1) is 9.24.